The highest BCUT2D eigenvalue weighted by Crippen LogP contribution is 2.45. The van der Waals surface area contributed by atoms with E-state index in [1.54, 1.807) is 6.07 Å². The summed E-state index contributed by atoms with van der Waals surface area (Å²) >= 11 is 0. The summed E-state index contributed by atoms with van der Waals surface area (Å²) in [7, 11) is 3.02. The first kappa shape index (κ1) is 14.3. The van der Waals surface area contributed by atoms with Crippen LogP contribution in [0.3, 0.4) is 0 Å². The number of hydrogen-bond acceptors (Lipinski definition) is 6. The van der Waals surface area contributed by atoms with Crippen LogP contribution in [0.4, 0.5) is 5.69 Å². The summed E-state index contributed by atoms with van der Waals surface area (Å²) in [5, 5.41) is 11.3. The van der Waals surface area contributed by atoms with Gasteiger partial charge in [0, 0.05) is 5.56 Å². The van der Waals surface area contributed by atoms with Crippen molar-refractivity contribution in [3.63, 3.8) is 0 Å². The summed E-state index contributed by atoms with van der Waals surface area (Å²) < 4.78 is 10.5. The van der Waals surface area contributed by atoms with Gasteiger partial charge in [-0.3, -0.25) is 0 Å². The minimum absolute atomic E-state index is 0.0847. The number of ether oxygens (including phenoxy) is 2. The summed E-state index contributed by atoms with van der Waals surface area (Å²) in [4.78, 5) is 8.44. The Kier molecular flexibility index (Phi) is 3.26. The van der Waals surface area contributed by atoms with Crippen molar-refractivity contribution < 1.29 is 14.6 Å². The summed E-state index contributed by atoms with van der Waals surface area (Å²) in [5.41, 5.74) is 7.09. The van der Waals surface area contributed by atoms with Gasteiger partial charge in [-0.05, 0) is 19.1 Å². The zero-order chi connectivity index (χ0) is 15.9. The molecule has 6 heteroatoms. The number of aromatic nitrogens is 1. The first-order valence-corrected chi connectivity index (χ1v) is 6.77. The summed E-state index contributed by atoms with van der Waals surface area (Å²) in [6.07, 6.45) is 1.52. The second-order valence-corrected chi connectivity index (χ2v) is 5.16. The van der Waals surface area contributed by atoms with Crippen molar-refractivity contribution in [2.45, 2.75) is 12.5 Å². The normalized spacial score (nSPS) is 19.5. The Balaban J connectivity index is 2.28. The zero-order valence-electron chi connectivity index (χ0n) is 12.6. The standard InChI is InChI=1S/C16H17N3O3/c1-9-4-5-13-11(6-9)16(20,15(17)19-13)12-7-10(21-2)8-18-14(12)22-3/h4-8,20H,1-3H3,(H2,17,19). The zero-order valence-corrected chi connectivity index (χ0v) is 12.6. The molecule has 0 bridgehead atoms. The molecule has 22 heavy (non-hydrogen) atoms. The molecule has 0 radical (unpaired) electrons. The summed E-state index contributed by atoms with van der Waals surface area (Å²) in [6.45, 7) is 1.94. The Hall–Kier alpha value is -2.60. The maximum Gasteiger partial charge on any atom is 0.220 e. The van der Waals surface area contributed by atoms with Crippen LogP contribution in [0.1, 0.15) is 16.7 Å². The van der Waals surface area contributed by atoms with Gasteiger partial charge < -0.3 is 20.3 Å². The number of nitrogens with zero attached hydrogens (tertiary/aromatic N) is 2. The van der Waals surface area contributed by atoms with Crippen molar-refractivity contribution in [3.8, 4) is 11.6 Å². The predicted molar refractivity (Wildman–Crippen MR) is 82.8 cm³/mol. The molecular formula is C16H17N3O3. The molecule has 1 aliphatic rings. The summed E-state index contributed by atoms with van der Waals surface area (Å²) in [5.74, 6) is 0.857. The van der Waals surface area contributed by atoms with E-state index >= 15 is 0 Å². The topological polar surface area (TPSA) is 90.0 Å². The molecule has 0 fully saturated rings. The van der Waals surface area contributed by atoms with Crippen LogP contribution in [0.2, 0.25) is 0 Å². The maximum absolute atomic E-state index is 11.3. The molecule has 3 rings (SSSR count). The molecule has 114 valence electrons. The van der Waals surface area contributed by atoms with E-state index in [0.29, 0.717) is 22.6 Å². The molecule has 1 aromatic heterocycles. The van der Waals surface area contributed by atoms with Crippen LogP contribution in [-0.4, -0.2) is 30.1 Å². The van der Waals surface area contributed by atoms with Gasteiger partial charge in [-0.15, -0.1) is 0 Å². The number of nitrogens with two attached hydrogens (primary N) is 1. The molecule has 1 aromatic carbocycles. The fourth-order valence-corrected chi connectivity index (χ4v) is 2.64. The number of benzene rings is 1. The summed E-state index contributed by atoms with van der Waals surface area (Å²) in [6, 6.07) is 7.27. The Bertz CT molecular complexity index is 773. The number of amidine groups is 1. The molecule has 1 atom stereocenters. The van der Waals surface area contributed by atoms with Gasteiger partial charge in [-0.2, -0.15) is 0 Å². The lowest BCUT2D eigenvalue weighted by Crippen LogP contribution is -2.40. The maximum atomic E-state index is 11.3. The van der Waals surface area contributed by atoms with Gasteiger partial charge >= 0.3 is 0 Å². The Labute approximate surface area is 128 Å². The van der Waals surface area contributed by atoms with Gasteiger partial charge in [-0.25, -0.2) is 9.98 Å². The number of hydrogen-bond donors (Lipinski definition) is 2. The molecule has 0 saturated carbocycles. The number of fused-ring (bicyclic) bond motifs is 1. The lowest BCUT2D eigenvalue weighted by Gasteiger charge is -2.26. The molecule has 1 aliphatic heterocycles. The third kappa shape index (κ3) is 1.92. The number of rotatable bonds is 3. The van der Waals surface area contributed by atoms with E-state index in [-0.39, 0.29) is 11.7 Å². The van der Waals surface area contributed by atoms with Crippen LogP contribution in [-0.2, 0) is 5.60 Å². The predicted octanol–water partition coefficient (Wildman–Crippen LogP) is 1.65. The lowest BCUT2D eigenvalue weighted by atomic mass is 9.86. The van der Waals surface area contributed by atoms with Crippen molar-refractivity contribution in [2.75, 3.05) is 14.2 Å². The van der Waals surface area contributed by atoms with Crippen LogP contribution in [0.25, 0.3) is 0 Å². The third-order valence-electron chi connectivity index (χ3n) is 3.80. The molecule has 2 aromatic rings. The van der Waals surface area contributed by atoms with Crippen LogP contribution in [0.15, 0.2) is 35.5 Å². The highest BCUT2D eigenvalue weighted by molar-refractivity contribution is 6.01. The number of aliphatic hydroxyl groups is 1. The van der Waals surface area contributed by atoms with Gasteiger partial charge in [0.05, 0.1) is 31.7 Å². The minimum Gasteiger partial charge on any atom is -0.495 e. The van der Waals surface area contributed by atoms with Crippen LogP contribution >= 0.6 is 0 Å². The van der Waals surface area contributed by atoms with Crippen molar-refractivity contribution in [1.29, 1.82) is 0 Å². The highest BCUT2D eigenvalue weighted by atomic mass is 16.5. The average molecular weight is 299 g/mol. The monoisotopic (exact) mass is 299 g/mol. The molecule has 0 saturated heterocycles. The number of pyridine rings is 1. The molecule has 6 nitrogen and oxygen atoms in total. The molecule has 0 aliphatic carbocycles. The van der Waals surface area contributed by atoms with Crippen LogP contribution in [0.5, 0.6) is 11.6 Å². The largest absolute Gasteiger partial charge is 0.495 e. The Morgan fingerprint density at radius 1 is 1.14 bits per heavy atom. The number of aryl methyl sites for hydroxylation is 1. The van der Waals surface area contributed by atoms with Crippen LogP contribution in [0, 0.1) is 6.92 Å². The molecule has 3 N–H and O–H groups in total. The number of aliphatic imine (C=N–C) groups is 1. The second kappa shape index (κ2) is 4.99. The Morgan fingerprint density at radius 2 is 1.91 bits per heavy atom. The lowest BCUT2D eigenvalue weighted by molar-refractivity contribution is 0.153. The molecule has 2 heterocycles. The van der Waals surface area contributed by atoms with Gasteiger partial charge in [0.2, 0.25) is 5.88 Å². The van der Waals surface area contributed by atoms with Crippen molar-refractivity contribution in [2.24, 2.45) is 10.7 Å². The highest BCUT2D eigenvalue weighted by Gasteiger charge is 2.45. The van der Waals surface area contributed by atoms with Crippen molar-refractivity contribution in [1.82, 2.24) is 4.98 Å². The van der Waals surface area contributed by atoms with E-state index in [1.165, 1.54) is 20.4 Å². The van der Waals surface area contributed by atoms with Gasteiger partial charge in [0.25, 0.3) is 0 Å². The van der Waals surface area contributed by atoms with E-state index in [4.69, 9.17) is 15.2 Å². The smallest absolute Gasteiger partial charge is 0.220 e. The van der Waals surface area contributed by atoms with Gasteiger partial charge in [-0.1, -0.05) is 17.7 Å². The molecule has 1 unspecified atom stereocenters. The van der Waals surface area contributed by atoms with E-state index in [1.807, 2.05) is 25.1 Å². The van der Waals surface area contributed by atoms with Gasteiger partial charge in [0.1, 0.15) is 11.6 Å². The average Bonchev–Trinajstić information content (AvgIpc) is 2.79. The molecule has 0 spiro atoms. The fourth-order valence-electron chi connectivity index (χ4n) is 2.64. The first-order chi connectivity index (χ1) is 10.5. The van der Waals surface area contributed by atoms with E-state index in [2.05, 4.69) is 9.98 Å². The van der Waals surface area contributed by atoms with Gasteiger partial charge in [0.15, 0.2) is 5.60 Å². The second-order valence-electron chi connectivity index (χ2n) is 5.16. The van der Waals surface area contributed by atoms with E-state index in [9.17, 15) is 5.11 Å². The third-order valence-corrected chi connectivity index (χ3v) is 3.80. The fraction of sp³-hybridized carbons (Fsp3) is 0.250. The van der Waals surface area contributed by atoms with E-state index in [0.717, 1.165) is 5.56 Å². The Morgan fingerprint density at radius 3 is 2.59 bits per heavy atom. The minimum atomic E-state index is -1.59. The SMILES string of the molecule is COc1cnc(OC)c(C2(O)C(N)=Nc3ccc(C)cc32)c1. The van der Waals surface area contributed by atoms with Crippen molar-refractivity contribution >= 4 is 11.5 Å². The number of methoxy groups -OCH3 is 2. The quantitative estimate of drug-likeness (QED) is 0.899. The van der Waals surface area contributed by atoms with Crippen LogP contribution < -0.4 is 15.2 Å². The molecular weight excluding hydrogens is 282 g/mol. The van der Waals surface area contributed by atoms with E-state index < -0.39 is 5.60 Å². The van der Waals surface area contributed by atoms with Crippen molar-refractivity contribution in [3.05, 3.63) is 47.2 Å². The molecule has 0 amide bonds. The first-order valence-electron chi connectivity index (χ1n) is 6.77.